The van der Waals surface area contributed by atoms with Crippen molar-refractivity contribution in [1.29, 1.82) is 0 Å². The molecule has 2 aromatic carbocycles. The molecular formula is C17H14N2O2. The number of hydrogen-bond donors (Lipinski definition) is 0. The Morgan fingerprint density at radius 2 is 2.10 bits per heavy atom. The summed E-state index contributed by atoms with van der Waals surface area (Å²) < 4.78 is 7.49. The average Bonchev–Trinajstić information content (AvgIpc) is 3.14. The number of benzene rings is 2. The number of fused-ring (bicyclic) bond motifs is 2. The van der Waals surface area contributed by atoms with E-state index in [0.29, 0.717) is 12.2 Å². The molecule has 0 fully saturated rings. The zero-order valence-corrected chi connectivity index (χ0v) is 11.5. The van der Waals surface area contributed by atoms with Gasteiger partial charge in [-0.25, -0.2) is 4.98 Å². The van der Waals surface area contributed by atoms with E-state index in [2.05, 4.69) is 4.98 Å². The van der Waals surface area contributed by atoms with E-state index in [1.807, 2.05) is 47.0 Å². The van der Waals surface area contributed by atoms with Gasteiger partial charge in [0.15, 0.2) is 5.78 Å². The molecule has 104 valence electrons. The van der Waals surface area contributed by atoms with Gasteiger partial charge >= 0.3 is 0 Å². The first-order chi connectivity index (χ1) is 10.3. The third-order valence-electron chi connectivity index (χ3n) is 3.86. The first kappa shape index (κ1) is 12.1. The SMILES string of the molecule is O=C(Cn1cnc2ccccc21)c1cccc2c1OCC2. The highest BCUT2D eigenvalue weighted by atomic mass is 16.5. The van der Waals surface area contributed by atoms with Crippen LogP contribution in [-0.4, -0.2) is 21.9 Å². The normalized spacial score (nSPS) is 13.1. The van der Waals surface area contributed by atoms with Crippen molar-refractivity contribution in [3.8, 4) is 5.75 Å². The van der Waals surface area contributed by atoms with Gasteiger partial charge in [-0.3, -0.25) is 4.79 Å². The Morgan fingerprint density at radius 3 is 3.05 bits per heavy atom. The summed E-state index contributed by atoms with van der Waals surface area (Å²) in [5.41, 5.74) is 3.67. The Bertz CT molecular complexity index is 836. The minimum absolute atomic E-state index is 0.0527. The molecule has 0 saturated carbocycles. The molecular weight excluding hydrogens is 264 g/mol. The summed E-state index contributed by atoms with van der Waals surface area (Å²) >= 11 is 0. The van der Waals surface area contributed by atoms with Crippen LogP contribution in [-0.2, 0) is 13.0 Å². The summed E-state index contributed by atoms with van der Waals surface area (Å²) in [5, 5.41) is 0. The number of para-hydroxylation sites is 3. The maximum atomic E-state index is 12.6. The van der Waals surface area contributed by atoms with Gasteiger partial charge in [-0.1, -0.05) is 24.3 Å². The van der Waals surface area contributed by atoms with Crippen molar-refractivity contribution in [2.45, 2.75) is 13.0 Å². The maximum Gasteiger partial charge on any atom is 0.186 e. The van der Waals surface area contributed by atoms with Crippen LogP contribution in [0, 0.1) is 0 Å². The van der Waals surface area contributed by atoms with E-state index >= 15 is 0 Å². The Labute approximate surface area is 122 Å². The van der Waals surface area contributed by atoms with Gasteiger partial charge in [-0.2, -0.15) is 0 Å². The summed E-state index contributed by atoms with van der Waals surface area (Å²) in [5.74, 6) is 0.809. The Hall–Kier alpha value is -2.62. The van der Waals surface area contributed by atoms with Crippen molar-refractivity contribution in [3.05, 3.63) is 59.9 Å². The van der Waals surface area contributed by atoms with Crippen LogP contribution in [0.1, 0.15) is 15.9 Å². The van der Waals surface area contributed by atoms with Gasteiger partial charge in [-0.05, 0) is 23.8 Å². The number of carbonyl (C=O) groups is 1. The van der Waals surface area contributed by atoms with E-state index in [-0.39, 0.29) is 12.3 Å². The standard InChI is InChI=1S/C17H14N2O2/c20-16(13-5-3-4-12-8-9-21-17(12)13)10-19-11-18-14-6-1-2-7-15(14)19/h1-7,11H,8-10H2. The van der Waals surface area contributed by atoms with Crippen LogP contribution in [0.3, 0.4) is 0 Å². The van der Waals surface area contributed by atoms with Gasteiger partial charge in [-0.15, -0.1) is 0 Å². The number of imidazole rings is 1. The molecule has 0 spiro atoms. The third kappa shape index (κ3) is 2.00. The zero-order valence-electron chi connectivity index (χ0n) is 11.5. The molecule has 0 saturated heterocycles. The molecule has 21 heavy (non-hydrogen) atoms. The van der Waals surface area contributed by atoms with Crippen LogP contribution >= 0.6 is 0 Å². The first-order valence-corrected chi connectivity index (χ1v) is 7.01. The Morgan fingerprint density at radius 1 is 1.19 bits per heavy atom. The molecule has 1 aromatic heterocycles. The van der Waals surface area contributed by atoms with Crippen molar-refractivity contribution in [1.82, 2.24) is 9.55 Å². The molecule has 0 aliphatic carbocycles. The zero-order chi connectivity index (χ0) is 14.2. The molecule has 0 bridgehead atoms. The number of hydrogen-bond acceptors (Lipinski definition) is 3. The maximum absolute atomic E-state index is 12.6. The van der Waals surface area contributed by atoms with Gasteiger partial charge in [0.2, 0.25) is 0 Å². The van der Waals surface area contributed by atoms with Gasteiger partial charge in [0, 0.05) is 6.42 Å². The summed E-state index contributed by atoms with van der Waals surface area (Å²) in [7, 11) is 0. The fraction of sp³-hybridized carbons (Fsp3) is 0.176. The van der Waals surface area contributed by atoms with Gasteiger partial charge in [0.1, 0.15) is 5.75 Å². The number of ketones is 1. The third-order valence-corrected chi connectivity index (χ3v) is 3.86. The van der Waals surface area contributed by atoms with Gasteiger partial charge in [0.05, 0.1) is 36.1 Å². The lowest BCUT2D eigenvalue weighted by molar-refractivity contribution is 0.0970. The summed E-state index contributed by atoms with van der Waals surface area (Å²) in [6, 6.07) is 13.6. The Balaban J connectivity index is 1.69. The number of Topliss-reactive ketones (excluding diaryl/α,β-unsaturated/α-hetero) is 1. The average molecular weight is 278 g/mol. The molecule has 0 radical (unpaired) electrons. The minimum Gasteiger partial charge on any atom is -0.492 e. The lowest BCUT2D eigenvalue weighted by Crippen LogP contribution is -2.10. The molecule has 4 nitrogen and oxygen atoms in total. The van der Waals surface area contributed by atoms with E-state index < -0.39 is 0 Å². The van der Waals surface area contributed by atoms with Crippen molar-refractivity contribution in [3.63, 3.8) is 0 Å². The highest BCUT2D eigenvalue weighted by molar-refractivity contribution is 5.99. The largest absolute Gasteiger partial charge is 0.492 e. The lowest BCUT2D eigenvalue weighted by atomic mass is 10.0. The molecule has 4 heteroatoms. The summed E-state index contributed by atoms with van der Waals surface area (Å²) in [6.45, 7) is 0.938. The van der Waals surface area contributed by atoms with Crippen molar-refractivity contribution in [2.24, 2.45) is 0 Å². The second kappa shape index (κ2) is 4.74. The fourth-order valence-electron chi connectivity index (χ4n) is 2.81. The van der Waals surface area contributed by atoms with Crippen LogP contribution in [0.5, 0.6) is 5.75 Å². The number of carbonyl (C=O) groups excluding carboxylic acids is 1. The van der Waals surface area contributed by atoms with Crippen LogP contribution < -0.4 is 4.74 Å². The summed E-state index contributed by atoms with van der Waals surface area (Å²) in [4.78, 5) is 16.9. The van der Waals surface area contributed by atoms with Crippen LogP contribution in [0.25, 0.3) is 11.0 Å². The van der Waals surface area contributed by atoms with Crippen LogP contribution in [0.15, 0.2) is 48.8 Å². The number of aromatic nitrogens is 2. The second-order valence-corrected chi connectivity index (χ2v) is 5.18. The molecule has 0 N–H and O–H groups in total. The smallest absolute Gasteiger partial charge is 0.186 e. The van der Waals surface area contributed by atoms with Crippen LogP contribution in [0.4, 0.5) is 0 Å². The fourth-order valence-corrected chi connectivity index (χ4v) is 2.81. The number of ether oxygens (including phenoxy) is 1. The molecule has 1 aliphatic rings. The first-order valence-electron chi connectivity index (χ1n) is 7.01. The topological polar surface area (TPSA) is 44.1 Å². The highest BCUT2D eigenvalue weighted by Crippen LogP contribution is 2.30. The van der Waals surface area contributed by atoms with E-state index in [1.54, 1.807) is 6.33 Å². The van der Waals surface area contributed by atoms with E-state index in [4.69, 9.17) is 4.74 Å². The van der Waals surface area contributed by atoms with Gasteiger partial charge in [0.25, 0.3) is 0 Å². The van der Waals surface area contributed by atoms with Crippen molar-refractivity contribution in [2.75, 3.05) is 6.61 Å². The molecule has 3 aromatic rings. The lowest BCUT2D eigenvalue weighted by Gasteiger charge is -2.08. The molecule has 0 amide bonds. The second-order valence-electron chi connectivity index (χ2n) is 5.18. The molecule has 2 heterocycles. The Kier molecular flexibility index (Phi) is 2.74. The van der Waals surface area contributed by atoms with Gasteiger partial charge < -0.3 is 9.30 Å². The predicted molar refractivity (Wildman–Crippen MR) is 79.7 cm³/mol. The summed E-state index contributed by atoms with van der Waals surface area (Å²) in [6.07, 6.45) is 2.59. The molecule has 4 rings (SSSR count). The van der Waals surface area contributed by atoms with E-state index in [0.717, 1.165) is 28.8 Å². The minimum atomic E-state index is 0.0527. The number of nitrogens with zero attached hydrogens (tertiary/aromatic N) is 2. The van der Waals surface area contributed by atoms with E-state index in [1.165, 1.54) is 0 Å². The van der Waals surface area contributed by atoms with Crippen molar-refractivity contribution >= 4 is 16.8 Å². The molecule has 0 atom stereocenters. The molecule has 0 unspecified atom stereocenters. The number of rotatable bonds is 3. The van der Waals surface area contributed by atoms with Crippen LogP contribution in [0.2, 0.25) is 0 Å². The highest BCUT2D eigenvalue weighted by Gasteiger charge is 2.20. The van der Waals surface area contributed by atoms with E-state index in [9.17, 15) is 4.79 Å². The predicted octanol–water partition coefficient (Wildman–Crippen LogP) is 2.85. The molecule has 1 aliphatic heterocycles. The monoisotopic (exact) mass is 278 g/mol. The van der Waals surface area contributed by atoms with Crippen molar-refractivity contribution < 1.29 is 9.53 Å². The quantitative estimate of drug-likeness (QED) is 0.692.